The van der Waals surface area contributed by atoms with Gasteiger partial charge in [0.05, 0.1) is 11.7 Å². The van der Waals surface area contributed by atoms with E-state index in [0.717, 1.165) is 25.7 Å². The molecule has 0 aliphatic carbocycles. The van der Waals surface area contributed by atoms with Gasteiger partial charge in [-0.1, -0.05) is 23.3 Å². The van der Waals surface area contributed by atoms with Crippen molar-refractivity contribution in [3.63, 3.8) is 0 Å². The minimum Gasteiger partial charge on any atom is -0.464 e. The molecule has 3 atom stereocenters. The fourth-order valence-corrected chi connectivity index (χ4v) is 3.39. The minimum absolute atomic E-state index is 0.0442. The zero-order valence-electron chi connectivity index (χ0n) is 17.6. The average molecular weight is 380 g/mol. The normalized spacial score (nSPS) is 27.6. The van der Waals surface area contributed by atoms with Crippen molar-refractivity contribution in [3.8, 4) is 0 Å². The topological polar surface area (TPSA) is 61.6 Å². The van der Waals surface area contributed by atoms with E-state index in [1.54, 1.807) is 14.0 Å². The van der Waals surface area contributed by atoms with E-state index >= 15 is 0 Å². The predicted octanol–water partition coefficient (Wildman–Crippen LogP) is 4.80. The van der Waals surface area contributed by atoms with Crippen LogP contribution in [0.15, 0.2) is 34.6 Å². The van der Waals surface area contributed by atoms with E-state index in [-0.39, 0.29) is 24.5 Å². The van der Waals surface area contributed by atoms with Gasteiger partial charge in [-0.2, -0.15) is 0 Å². The molecule has 1 N–H and O–H groups in total. The van der Waals surface area contributed by atoms with Crippen molar-refractivity contribution in [2.24, 2.45) is 0 Å². The number of rotatable bonds is 11. The van der Waals surface area contributed by atoms with Crippen molar-refractivity contribution in [2.45, 2.75) is 84.5 Å². The molecule has 0 spiro atoms. The molecule has 0 saturated carbocycles. The first-order valence-corrected chi connectivity index (χ1v) is 9.79. The Morgan fingerprint density at radius 1 is 1.26 bits per heavy atom. The third kappa shape index (κ3) is 6.22. The number of hydrogen-bond donors (Lipinski definition) is 0. The minimum atomic E-state index is -0.290. The molecule has 27 heavy (non-hydrogen) atoms. The number of cyclic esters (lactones) is 1. The average Bonchev–Trinajstić information content (AvgIpc) is 3.17. The van der Waals surface area contributed by atoms with E-state index in [9.17, 15) is 4.79 Å². The summed E-state index contributed by atoms with van der Waals surface area (Å²) >= 11 is 0. The van der Waals surface area contributed by atoms with Crippen molar-refractivity contribution < 1.29 is 23.7 Å². The molecule has 152 valence electrons. The van der Waals surface area contributed by atoms with E-state index in [0.29, 0.717) is 23.9 Å². The number of carbonyl (C=O) groups excluding carboxylic acids is 1. The molecule has 1 saturated heterocycles. The zero-order valence-corrected chi connectivity index (χ0v) is 17.6. The zero-order chi connectivity index (χ0) is 20.0. The van der Waals surface area contributed by atoms with Crippen LogP contribution in [0.1, 0.15) is 66.7 Å². The number of epoxide rings is 1. The molecule has 2 aliphatic rings. The van der Waals surface area contributed by atoms with Gasteiger partial charge >= 0.3 is 5.97 Å². The Morgan fingerprint density at radius 3 is 2.67 bits per heavy atom. The van der Waals surface area contributed by atoms with Gasteiger partial charge in [-0.05, 0) is 60.3 Å². The lowest BCUT2D eigenvalue weighted by atomic mass is 9.96. The maximum atomic E-state index is 9.82. The van der Waals surface area contributed by atoms with E-state index in [1.165, 1.54) is 11.1 Å². The van der Waals surface area contributed by atoms with Gasteiger partial charge in [0.2, 0.25) is 0 Å². The van der Waals surface area contributed by atoms with Gasteiger partial charge < -0.3 is 23.7 Å². The summed E-state index contributed by atoms with van der Waals surface area (Å²) in [4.78, 5) is 9.82. The second kappa shape index (κ2) is 9.56. The fourth-order valence-electron chi connectivity index (χ4n) is 3.39. The van der Waals surface area contributed by atoms with Gasteiger partial charge in [-0.15, -0.1) is 0 Å². The molecule has 0 aromatic heterocycles. The first kappa shape index (κ1) is 21.7. The van der Waals surface area contributed by atoms with E-state index in [4.69, 9.17) is 18.9 Å². The standard InChI is InChI=1S/C22H34O5/c1-15(2)8-7-13-22(5)19(27-22)12-10-16(3)9-11-18-20(25-14-24-6)17(4)21(23)26-18/h8-9,18-19H,7,10-14H2,1-6H3/p+1/b16-9+. The number of esters is 1. The Kier molecular flexibility index (Phi) is 7.68. The second-order valence-corrected chi connectivity index (χ2v) is 8.02. The Hall–Kier alpha value is -1.59. The van der Waals surface area contributed by atoms with Crippen molar-refractivity contribution in [3.05, 3.63) is 34.6 Å². The van der Waals surface area contributed by atoms with Crippen LogP contribution in [0.25, 0.3) is 0 Å². The molecular formula is C22H35O5+. The quantitative estimate of drug-likeness (QED) is 0.170. The van der Waals surface area contributed by atoms with Crippen molar-refractivity contribution in [1.29, 1.82) is 0 Å². The number of methoxy groups -OCH3 is 1. The summed E-state index contributed by atoms with van der Waals surface area (Å²) in [6, 6.07) is 0. The molecule has 2 aliphatic heterocycles. The summed E-state index contributed by atoms with van der Waals surface area (Å²) in [5.74, 6) is 0.589. The molecule has 0 aromatic rings. The molecule has 5 nitrogen and oxygen atoms in total. The highest BCUT2D eigenvalue weighted by atomic mass is 16.7. The van der Waals surface area contributed by atoms with Gasteiger partial charge in [0, 0.05) is 13.5 Å². The highest BCUT2D eigenvalue weighted by Gasteiger charge is 2.50. The van der Waals surface area contributed by atoms with Crippen molar-refractivity contribution in [2.75, 3.05) is 13.9 Å². The second-order valence-electron chi connectivity index (χ2n) is 8.02. The highest BCUT2D eigenvalue weighted by Crippen LogP contribution is 2.43. The molecule has 5 heteroatoms. The molecular weight excluding hydrogens is 344 g/mol. The Labute approximate surface area is 163 Å². The summed E-state index contributed by atoms with van der Waals surface area (Å²) in [6.07, 6.45) is 9.38. The van der Waals surface area contributed by atoms with Crippen LogP contribution in [0.5, 0.6) is 0 Å². The Balaban J connectivity index is 1.77. The van der Waals surface area contributed by atoms with Gasteiger partial charge in [-0.25, -0.2) is 0 Å². The van der Waals surface area contributed by atoms with Crippen LogP contribution >= 0.6 is 0 Å². The molecule has 0 radical (unpaired) electrons. The highest BCUT2D eigenvalue weighted by molar-refractivity contribution is 5.92. The predicted molar refractivity (Wildman–Crippen MR) is 107 cm³/mol. The summed E-state index contributed by atoms with van der Waals surface area (Å²) < 4.78 is 22.0. The first-order chi connectivity index (χ1) is 12.8. The summed E-state index contributed by atoms with van der Waals surface area (Å²) in [5, 5.41) is 0. The SMILES string of the molecule is COCOC1=C(C)C(=[OH+])OC1C/C=C(\C)CCC1OC1(C)CCC=C(C)C. The molecule has 0 amide bonds. The smallest absolute Gasteiger partial charge is 0.464 e. The number of allylic oxidation sites excluding steroid dienone is 3. The van der Waals surface area contributed by atoms with Gasteiger partial charge in [0.1, 0.15) is 5.57 Å². The largest absolute Gasteiger partial charge is 0.517 e. The van der Waals surface area contributed by atoms with Gasteiger partial charge in [-0.3, -0.25) is 0 Å². The monoisotopic (exact) mass is 379 g/mol. The van der Waals surface area contributed by atoms with Gasteiger partial charge in [0.25, 0.3) is 6.10 Å². The molecule has 2 heterocycles. The van der Waals surface area contributed by atoms with Crippen LogP contribution in [0.3, 0.4) is 0 Å². The van der Waals surface area contributed by atoms with Crippen molar-refractivity contribution >= 4 is 5.97 Å². The van der Waals surface area contributed by atoms with Crippen LogP contribution in [-0.4, -0.2) is 42.5 Å². The summed E-state index contributed by atoms with van der Waals surface area (Å²) in [7, 11) is 1.57. The molecule has 0 bridgehead atoms. The summed E-state index contributed by atoms with van der Waals surface area (Å²) in [5.41, 5.74) is 3.35. The van der Waals surface area contributed by atoms with Gasteiger partial charge in [0.15, 0.2) is 12.6 Å². The third-order valence-electron chi connectivity index (χ3n) is 5.28. The number of hydrogen-bond acceptors (Lipinski definition) is 4. The molecule has 2 rings (SSSR count). The third-order valence-corrected chi connectivity index (χ3v) is 5.28. The summed E-state index contributed by atoms with van der Waals surface area (Å²) in [6.45, 7) is 10.6. The lowest BCUT2D eigenvalue weighted by molar-refractivity contribution is -0.0127. The number of ether oxygens (including phenoxy) is 4. The van der Waals surface area contributed by atoms with Crippen LogP contribution in [-0.2, 0) is 18.9 Å². The van der Waals surface area contributed by atoms with Crippen LogP contribution in [0.4, 0.5) is 0 Å². The molecule has 3 unspecified atom stereocenters. The first-order valence-electron chi connectivity index (χ1n) is 9.79. The Morgan fingerprint density at radius 2 is 2.00 bits per heavy atom. The lowest BCUT2D eigenvalue weighted by Gasteiger charge is -2.09. The Bertz CT molecular complexity index is 627. The lowest BCUT2D eigenvalue weighted by Crippen LogP contribution is -2.14. The maximum Gasteiger partial charge on any atom is 0.517 e. The van der Waals surface area contributed by atoms with Crippen molar-refractivity contribution in [1.82, 2.24) is 0 Å². The van der Waals surface area contributed by atoms with E-state index in [1.807, 2.05) is 0 Å². The van der Waals surface area contributed by atoms with Crippen LogP contribution in [0.2, 0.25) is 0 Å². The van der Waals surface area contributed by atoms with E-state index < -0.39 is 0 Å². The molecule has 0 aromatic carbocycles. The van der Waals surface area contributed by atoms with Crippen LogP contribution < -0.4 is 0 Å². The molecule has 1 fully saturated rings. The fraction of sp³-hybridized carbons (Fsp3) is 0.682. The van der Waals surface area contributed by atoms with Crippen LogP contribution in [0, 0.1) is 0 Å². The van der Waals surface area contributed by atoms with E-state index in [2.05, 4.69) is 39.8 Å². The maximum absolute atomic E-state index is 9.82.